The second-order valence-electron chi connectivity index (χ2n) is 8.98. The van der Waals surface area contributed by atoms with Gasteiger partial charge in [0.2, 0.25) is 15.0 Å². The predicted molar refractivity (Wildman–Crippen MR) is 113 cm³/mol. The number of allylic oxidation sites excluding steroid dienone is 1. The summed E-state index contributed by atoms with van der Waals surface area (Å²) in [7, 11) is -2.34. The van der Waals surface area contributed by atoms with E-state index in [9.17, 15) is 13.5 Å². The zero-order valence-electron chi connectivity index (χ0n) is 17.5. The lowest BCUT2D eigenvalue weighted by molar-refractivity contribution is 0.423. The molecule has 2 N–H and O–H groups in total. The summed E-state index contributed by atoms with van der Waals surface area (Å²) in [6.07, 6.45) is 5.24. The van der Waals surface area contributed by atoms with Crippen LogP contribution in [-0.4, -0.2) is 29.3 Å². The number of aromatic hydroxyl groups is 1. The number of phenolic OH excluding ortho intramolecular Hbond substituents is 1. The lowest BCUT2D eigenvalue weighted by Gasteiger charge is -2.28. The number of phenols is 1. The quantitative estimate of drug-likeness (QED) is 0.748. The molecular weight excluding hydrogens is 374 g/mol. The fourth-order valence-corrected chi connectivity index (χ4v) is 4.26. The first-order chi connectivity index (χ1) is 12.7. The highest BCUT2D eigenvalue weighted by Gasteiger charge is 2.28. The Morgan fingerprint density at radius 3 is 1.96 bits per heavy atom. The van der Waals surface area contributed by atoms with Gasteiger partial charge in [-0.05, 0) is 34.6 Å². The van der Waals surface area contributed by atoms with Crippen LogP contribution in [0.25, 0.3) is 6.08 Å². The molecule has 0 atom stereocenters. The normalized spacial score (nSPS) is 13.6. The summed E-state index contributed by atoms with van der Waals surface area (Å²) >= 11 is 0. The molecule has 0 aliphatic heterocycles. The number of rotatable bonds is 4. The Morgan fingerprint density at radius 1 is 1.11 bits per heavy atom. The average molecular weight is 404 g/mol. The molecule has 0 aliphatic rings. The summed E-state index contributed by atoms with van der Waals surface area (Å²) in [5.41, 5.74) is 1.40. The topological polar surface area (TPSA) is 96.0 Å². The lowest BCUT2D eigenvalue weighted by atomic mass is 9.78. The van der Waals surface area contributed by atoms with Crippen LogP contribution >= 0.6 is 0 Å². The molecule has 1 heterocycles. The minimum Gasteiger partial charge on any atom is -0.507 e. The van der Waals surface area contributed by atoms with E-state index in [2.05, 4.69) is 4.98 Å². The van der Waals surface area contributed by atoms with Gasteiger partial charge in [0.05, 0.1) is 4.91 Å². The SMILES string of the molecule is Cn1ccnc1S(=O)(=O)/C(C=N)=C/c1cc(C(C)(C)C)c(O)c(C(C)(C)C)c1. The van der Waals surface area contributed by atoms with Crippen LogP contribution in [-0.2, 0) is 27.7 Å². The third-order valence-corrected chi connectivity index (χ3v) is 6.26. The van der Waals surface area contributed by atoms with Crippen LogP contribution in [0.3, 0.4) is 0 Å². The predicted octanol–water partition coefficient (Wildman–Crippen LogP) is 4.19. The van der Waals surface area contributed by atoms with Crippen molar-refractivity contribution in [3.63, 3.8) is 0 Å². The van der Waals surface area contributed by atoms with Crippen LogP contribution in [0.4, 0.5) is 0 Å². The zero-order chi connectivity index (χ0) is 21.5. The van der Waals surface area contributed by atoms with Crippen molar-refractivity contribution in [2.75, 3.05) is 0 Å². The van der Waals surface area contributed by atoms with Gasteiger partial charge in [0.15, 0.2) is 0 Å². The van der Waals surface area contributed by atoms with Gasteiger partial charge in [0, 0.05) is 36.8 Å². The van der Waals surface area contributed by atoms with Gasteiger partial charge in [-0.15, -0.1) is 0 Å². The Balaban J connectivity index is 2.76. The number of hydrogen-bond acceptors (Lipinski definition) is 5. The second kappa shape index (κ2) is 7.20. The van der Waals surface area contributed by atoms with Crippen LogP contribution in [0.2, 0.25) is 0 Å². The molecular formula is C21H29N3O3S. The first-order valence-corrected chi connectivity index (χ1v) is 10.5. The Morgan fingerprint density at radius 2 is 1.61 bits per heavy atom. The molecule has 0 saturated carbocycles. The van der Waals surface area contributed by atoms with Gasteiger partial charge in [-0.2, -0.15) is 0 Å². The fraction of sp³-hybridized carbons (Fsp3) is 0.429. The molecule has 1 aromatic carbocycles. The maximum atomic E-state index is 12.9. The van der Waals surface area contributed by atoms with Crippen molar-refractivity contribution in [1.82, 2.24) is 9.55 Å². The third-order valence-electron chi connectivity index (χ3n) is 4.53. The van der Waals surface area contributed by atoms with Crippen molar-refractivity contribution in [3.8, 4) is 5.75 Å². The summed E-state index contributed by atoms with van der Waals surface area (Å²) in [5, 5.41) is 18.4. The molecule has 1 aromatic heterocycles. The number of aryl methyl sites for hydroxylation is 1. The molecule has 0 radical (unpaired) electrons. The standard InChI is InChI=1S/C21H29N3O3S/c1-20(2,3)16-11-14(12-17(18(16)25)21(4,5)6)10-15(13-22)28(26,27)19-23-8-9-24(19)7/h8-13,22,25H,1-7H3/b15-10+,22-13?. The van der Waals surface area contributed by atoms with Crippen LogP contribution in [0, 0.1) is 5.41 Å². The Bertz CT molecular complexity index is 999. The number of sulfone groups is 1. The van der Waals surface area contributed by atoms with Crippen molar-refractivity contribution in [2.24, 2.45) is 7.05 Å². The molecule has 0 saturated heterocycles. The fourth-order valence-electron chi connectivity index (χ4n) is 2.96. The minimum atomic E-state index is -3.94. The Labute approximate surface area is 167 Å². The Kier molecular flexibility index (Phi) is 5.63. The number of aromatic nitrogens is 2. The molecule has 2 rings (SSSR count). The van der Waals surface area contributed by atoms with Gasteiger partial charge in [-0.1, -0.05) is 41.5 Å². The summed E-state index contributed by atoms with van der Waals surface area (Å²) in [5.74, 6) is 0.223. The van der Waals surface area contributed by atoms with Crippen molar-refractivity contribution in [3.05, 3.63) is 46.1 Å². The molecule has 0 fully saturated rings. The second-order valence-corrected chi connectivity index (χ2v) is 10.8. The van der Waals surface area contributed by atoms with Crippen molar-refractivity contribution < 1.29 is 13.5 Å². The highest BCUT2D eigenvalue weighted by molar-refractivity contribution is 7.96. The number of benzene rings is 1. The number of nitrogens with zero attached hydrogens (tertiary/aromatic N) is 2. The van der Waals surface area contributed by atoms with Gasteiger partial charge in [-0.25, -0.2) is 13.4 Å². The van der Waals surface area contributed by atoms with Crippen LogP contribution < -0.4 is 0 Å². The van der Waals surface area contributed by atoms with E-state index in [1.54, 1.807) is 25.4 Å². The maximum Gasteiger partial charge on any atom is 0.241 e. The molecule has 6 nitrogen and oxygen atoms in total. The van der Waals surface area contributed by atoms with E-state index >= 15 is 0 Å². The number of nitrogens with one attached hydrogen (secondary N) is 1. The average Bonchev–Trinajstić information content (AvgIpc) is 2.98. The van der Waals surface area contributed by atoms with E-state index in [0.717, 1.165) is 17.3 Å². The highest BCUT2D eigenvalue weighted by atomic mass is 32.2. The van der Waals surface area contributed by atoms with E-state index in [0.29, 0.717) is 5.56 Å². The highest BCUT2D eigenvalue weighted by Crippen LogP contribution is 2.40. The largest absolute Gasteiger partial charge is 0.507 e. The van der Waals surface area contributed by atoms with Crippen molar-refractivity contribution in [2.45, 2.75) is 57.5 Å². The van der Waals surface area contributed by atoms with Crippen LogP contribution in [0.1, 0.15) is 58.2 Å². The molecule has 0 amide bonds. The number of imidazole rings is 1. The molecule has 0 unspecified atom stereocenters. The van der Waals surface area contributed by atoms with Gasteiger partial charge in [0.1, 0.15) is 5.75 Å². The molecule has 0 bridgehead atoms. The van der Waals surface area contributed by atoms with E-state index in [-0.39, 0.29) is 26.6 Å². The van der Waals surface area contributed by atoms with Gasteiger partial charge in [0.25, 0.3) is 0 Å². The smallest absolute Gasteiger partial charge is 0.241 e. The van der Waals surface area contributed by atoms with Gasteiger partial charge < -0.3 is 15.1 Å². The lowest BCUT2D eigenvalue weighted by Crippen LogP contribution is -2.17. The van der Waals surface area contributed by atoms with Crippen molar-refractivity contribution >= 4 is 22.1 Å². The summed E-state index contributed by atoms with van der Waals surface area (Å²) in [6, 6.07) is 3.56. The van der Waals surface area contributed by atoms with E-state index in [1.807, 2.05) is 41.5 Å². The van der Waals surface area contributed by atoms with E-state index in [1.165, 1.54) is 16.8 Å². The van der Waals surface area contributed by atoms with Gasteiger partial charge >= 0.3 is 0 Å². The Hall–Kier alpha value is -2.41. The first-order valence-electron chi connectivity index (χ1n) is 9.02. The van der Waals surface area contributed by atoms with E-state index < -0.39 is 9.84 Å². The van der Waals surface area contributed by atoms with Crippen LogP contribution in [0.15, 0.2) is 34.6 Å². The minimum absolute atomic E-state index is 0.117. The maximum absolute atomic E-state index is 12.9. The molecule has 7 heteroatoms. The first kappa shape index (κ1) is 21.9. The summed E-state index contributed by atoms with van der Waals surface area (Å²) in [4.78, 5) is 3.76. The van der Waals surface area contributed by atoms with Crippen LogP contribution in [0.5, 0.6) is 5.75 Å². The molecule has 2 aromatic rings. The van der Waals surface area contributed by atoms with Gasteiger partial charge in [-0.3, -0.25) is 0 Å². The number of hydrogen-bond donors (Lipinski definition) is 2. The van der Waals surface area contributed by atoms with E-state index in [4.69, 9.17) is 5.41 Å². The zero-order valence-corrected chi connectivity index (χ0v) is 18.3. The monoisotopic (exact) mass is 403 g/mol. The molecule has 0 aliphatic carbocycles. The molecule has 28 heavy (non-hydrogen) atoms. The summed E-state index contributed by atoms with van der Waals surface area (Å²) < 4.78 is 27.3. The molecule has 0 spiro atoms. The third kappa shape index (κ3) is 4.19. The van der Waals surface area contributed by atoms with Crippen molar-refractivity contribution in [1.29, 1.82) is 5.41 Å². The summed E-state index contributed by atoms with van der Waals surface area (Å²) in [6.45, 7) is 11.9. The molecule has 152 valence electrons.